The molecule has 0 bridgehead atoms. The van der Waals surface area contributed by atoms with E-state index in [1.165, 1.54) is 4.31 Å². The molecule has 0 aliphatic carbocycles. The van der Waals surface area contributed by atoms with Gasteiger partial charge in [-0.1, -0.05) is 41.4 Å². The Labute approximate surface area is 171 Å². The van der Waals surface area contributed by atoms with E-state index in [1.54, 1.807) is 36.4 Å². The predicted molar refractivity (Wildman–Crippen MR) is 109 cm³/mol. The Bertz CT molecular complexity index is 881. The van der Waals surface area contributed by atoms with Gasteiger partial charge in [-0.25, -0.2) is 8.42 Å². The minimum absolute atomic E-state index is 0.131. The molecule has 1 fully saturated rings. The number of aliphatic hydroxyl groups is 1. The third-order valence-corrected chi connectivity index (χ3v) is 6.95. The molecule has 3 rings (SSSR count). The third kappa shape index (κ3) is 5.24. The first-order chi connectivity index (χ1) is 13.4. The smallest absolute Gasteiger partial charge is 0.243 e. The van der Waals surface area contributed by atoms with Crippen LogP contribution in [0.2, 0.25) is 5.02 Å². The molecule has 152 valence electrons. The van der Waals surface area contributed by atoms with Crippen molar-refractivity contribution >= 4 is 21.6 Å². The zero-order valence-corrected chi connectivity index (χ0v) is 17.4. The quantitative estimate of drug-likeness (QED) is 0.739. The fourth-order valence-electron chi connectivity index (χ4n) is 3.11. The summed E-state index contributed by atoms with van der Waals surface area (Å²) < 4.78 is 32.6. The number of hydrogen-bond donors (Lipinski definition) is 1. The fourth-order valence-corrected chi connectivity index (χ4v) is 4.72. The molecular weight excluding hydrogens is 400 g/mol. The van der Waals surface area contributed by atoms with Crippen molar-refractivity contribution in [1.82, 2.24) is 9.21 Å². The number of aliphatic hydroxyl groups excluding tert-OH is 1. The number of aryl methyl sites for hydroxylation is 1. The summed E-state index contributed by atoms with van der Waals surface area (Å²) in [7, 11) is -3.48. The average Bonchev–Trinajstić information content (AvgIpc) is 2.68. The van der Waals surface area contributed by atoms with E-state index >= 15 is 0 Å². The number of hydrogen-bond acceptors (Lipinski definition) is 5. The molecule has 0 spiro atoms. The maximum absolute atomic E-state index is 12.7. The van der Waals surface area contributed by atoms with Crippen LogP contribution in [-0.2, 0) is 10.0 Å². The Hall–Kier alpha value is -1.64. The Morgan fingerprint density at radius 2 is 1.71 bits per heavy atom. The second-order valence-corrected chi connectivity index (χ2v) is 9.26. The minimum Gasteiger partial charge on any atom is -0.489 e. The summed E-state index contributed by atoms with van der Waals surface area (Å²) in [5, 5.41) is 10.7. The summed E-state index contributed by atoms with van der Waals surface area (Å²) >= 11 is 6.04. The predicted octanol–water partition coefficient (Wildman–Crippen LogP) is 2.39. The van der Waals surface area contributed by atoms with Gasteiger partial charge in [-0.2, -0.15) is 4.31 Å². The van der Waals surface area contributed by atoms with Gasteiger partial charge in [0.15, 0.2) is 0 Å². The van der Waals surface area contributed by atoms with E-state index in [2.05, 4.69) is 0 Å². The maximum Gasteiger partial charge on any atom is 0.243 e. The number of sulfonamides is 1. The van der Waals surface area contributed by atoms with E-state index in [0.717, 1.165) is 5.56 Å². The monoisotopic (exact) mass is 424 g/mol. The first-order valence-corrected chi connectivity index (χ1v) is 11.0. The zero-order valence-electron chi connectivity index (χ0n) is 15.8. The molecule has 2 aromatic carbocycles. The van der Waals surface area contributed by atoms with Crippen LogP contribution in [-0.4, -0.2) is 68.2 Å². The lowest BCUT2D eigenvalue weighted by atomic mass is 10.2. The second-order valence-electron chi connectivity index (χ2n) is 6.91. The fraction of sp³-hybridized carbons (Fsp3) is 0.400. The van der Waals surface area contributed by atoms with Crippen molar-refractivity contribution < 1.29 is 18.3 Å². The SMILES string of the molecule is Cc1ccc(S(=O)(=O)N2CCN(CC(O)COc3ccccc3Cl)CC2)cc1. The molecule has 1 atom stereocenters. The Balaban J connectivity index is 1.48. The number of halogens is 1. The van der Waals surface area contributed by atoms with Crippen LogP contribution in [0.3, 0.4) is 0 Å². The first-order valence-electron chi connectivity index (χ1n) is 9.21. The molecule has 28 heavy (non-hydrogen) atoms. The number of rotatable bonds is 7. The highest BCUT2D eigenvalue weighted by Gasteiger charge is 2.29. The van der Waals surface area contributed by atoms with Gasteiger partial charge < -0.3 is 9.84 Å². The molecule has 6 nitrogen and oxygen atoms in total. The summed E-state index contributed by atoms with van der Waals surface area (Å²) in [4.78, 5) is 2.36. The van der Waals surface area contributed by atoms with Crippen molar-refractivity contribution in [3.8, 4) is 5.75 Å². The van der Waals surface area contributed by atoms with E-state index in [9.17, 15) is 13.5 Å². The van der Waals surface area contributed by atoms with Gasteiger partial charge in [0.05, 0.1) is 9.92 Å². The van der Waals surface area contributed by atoms with Crippen LogP contribution in [0.5, 0.6) is 5.75 Å². The van der Waals surface area contributed by atoms with Gasteiger partial charge in [0.25, 0.3) is 0 Å². The highest BCUT2D eigenvalue weighted by atomic mass is 35.5. The second kappa shape index (κ2) is 9.24. The molecule has 1 N–H and O–H groups in total. The van der Waals surface area contributed by atoms with E-state index in [4.69, 9.17) is 16.3 Å². The summed E-state index contributed by atoms with van der Waals surface area (Å²) in [6.07, 6.45) is -0.684. The molecule has 8 heteroatoms. The first kappa shape index (κ1) is 21.1. The average molecular weight is 425 g/mol. The van der Waals surface area contributed by atoms with Crippen LogP contribution >= 0.6 is 11.6 Å². The number of ether oxygens (including phenoxy) is 1. The third-order valence-electron chi connectivity index (χ3n) is 4.73. The summed E-state index contributed by atoms with van der Waals surface area (Å²) in [5.41, 5.74) is 1.02. The van der Waals surface area contributed by atoms with Gasteiger partial charge in [0.1, 0.15) is 18.5 Å². The highest BCUT2D eigenvalue weighted by Crippen LogP contribution is 2.23. The lowest BCUT2D eigenvalue weighted by Crippen LogP contribution is -2.50. The number of piperazine rings is 1. The van der Waals surface area contributed by atoms with Crippen LogP contribution in [0.25, 0.3) is 0 Å². The van der Waals surface area contributed by atoms with Crippen LogP contribution in [0.15, 0.2) is 53.4 Å². The molecular formula is C20H25ClN2O4S. The highest BCUT2D eigenvalue weighted by molar-refractivity contribution is 7.89. The van der Waals surface area contributed by atoms with Crippen molar-refractivity contribution in [2.75, 3.05) is 39.3 Å². The molecule has 1 unspecified atom stereocenters. The number of para-hydroxylation sites is 1. The lowest BCUT2D eigenvalue weighted by Gasteiger charge is -2.34. The topological polar surface area (TPSA) is 70.1 Å². The van der Waals surface area contributed by atoms with Crippen molar-refractivity contribution in [3.63, 3.8) is 0 Å². The summed E-state index contributed by atoms with van der Waals surface area (Å²) in [6, 6.07) is 14.0. The normalized spacial score (nSPS) is 17.4. The zero-order chi connectivity index (χ0) is 20.1. The largest absolute Gasteiger partial charge is 0.489 e. The van der Waals surface area contributed by atoms with E-state index in [0.29, 0.717) is 48.4 Å². The maximum atomic E-state index is 12.7. The summed E-state index contributed by atoms with van der Waals surface area (Å²) in [6.45, 7) is 4.40. The van der Waals surface area contributed by atoms with Crippen molar-refractivity contribution in [2.24, 2.45) is 0 Å². The molecule has 1 aliphatic heterocycles. The van der Waals surface area contributed by atoms with Crippen molar-refractivity contribution in [3.05, 3.63) is 59.1 Å². The molecule has 1 heterocycles. The van der Waals surface area contributed by atoms with Crippen LogP contribution in [0.4, 0.5) is 0 Å². The molecule has 0 aromatic heterocycles. The van der Waals surface area contributed by atoms with Gasteiger partial charge in [-0.15, -0.1) is 0 Å². The van der Waals surface area contributed by atoms with E-state index in [1.807, 2.05) is 24.0 Å². The summed E-state index contributed by atoms with van der Waals surface area (Å²) in [5.74, 6) is 0.539. The van der Waals surface area contributed by atoms with Gasteiger partial charge in [0, 0.05) is 32.7 Å². The number of β-amino-alcohol motifs (C(OH)–C–C–N with tert-alkyl or cyclic N) is 1. The van der Waals surface area contributed by atoms with Gasteiger partial charge in [-0.05, 0) is 31.2 Å². The van der Waals surface area contributed by atoms with Gasteiger partial charge in [0.2, 0.25) is 10.0 Å². The van der Waals surface area contributed by atoms with Gasteiger partial charge >= 0.3 is 0 Å². The number of nitrogens with zero attached hydrogens (tertiary/aromatic N) is 2. The van der Waals surface area contributed by atoms with E-state index in [-0.39, 0.29) is 6.61 Å². The molecule has 1 aliphatic rings. The van der Waals surface area contributed by atoms with Crippen molar-refractivity contribution in [1.29, 1.82) is 0 Å². The van der Waals surface area contributed by atoms with Crippen molar-refractivity contribution in [2.45, 2.75) is 17.9 Å². The van der Waals surface area contributed by atoms with Crippen LogP contribution < -0.4 is 4.74 Å². The molecule has 0 amide bonds. The van der Waals surface area contributed by atoms with Gasteiger partial charge in [-0.3, -0.25) is 4.90 Å². The minimum atomic E-state index is -3.48. The Morgan fingerprint density at radius 1 is 1.07 bits per heavy atom. The van der Waals surface area contributed by atoms with Crippen LogP contribution in [0.1, 0.15) is 5.56 Å². The Morgan fingerprint density at radius 3 is 2.36 bits per heavy atom. The lowest BCUT2D eigenvalue weighted by molar-refractivity contribution is 0.0569. The van der Waals surface area contributed by atoms with E-state index < -0.39 is 16.1 Å². The molecule has 0 saturated carbocycles. The van der Waals surface area contributed by atoms with Crippen LogP contribution in [0, 0.1) is 6.92 Å². The standard InChI is InChI=1S/C20H25ClN2O4S/c1-16-6-8-18(9-7-16)28(25,26)23-12-10-22(11-13-23)14-17(24)15-27-20-5-3-2-4-19(20)21/h2-9,17,24H,10-15H2,1H3. The Kier molecular flexibility index (Phi) is 6.95. The molecule has 0 radical (unpaired) electrons. The molecule has 1 saturated heterocycles. The number of benzene rings is 2. The molecule has 2 aromatic rings.